The van der Waals surface area contributed by atoms with E-state index >= 15 is 0 Å². The van der Waals surface area contributed by atoms with Gasteiger partial charge in [0.2, 0.25) is 0 Å². The first kappa shape index (κ1) is 20.1. The number of carbonyl (C=O) groups is 1. The lowest BCUT2D eigenvalue weighted by molar-refractivity contribution is 0.0940. The lowest BCUT2D eigenvalue weighted by Crippen LogP contribution is -2.34. The van der Waals surface area contributed by atoms with E-state index in [1.54, 1.807) is 12.1 Å². The highest BCUT2D eigenvalue weighted by atomic mass is 35.5. The molecule has 148 valence electrons. The number of hydrogen-bond donors (Lipinski definition) is 1. The molecule has 0 aliphatic heterocycles. The van der Waals surface area contributed by atoms with E-state index in [2.05, 4.69) is 15.5 Å². The minimum absolute atomic E-state index is 0.0532. The van der Waals surface area contributed by atoms with Gasteiger partial charge in [-0.1, -0.05) is 11.6 Å². The summed E-state index contributed by atoms with van der Waals surface area (Å²) < 4.78 is 3.68. The number of rotatable bonds is 5. The Bertz CT molecular complexity index is 1030. The van der Waals surface area contributed by atoms with E-state index in [0.717, 1.165) is 34.0 Å². The van der Waals surface area contributed by atoms with Gasteiger partial charge in [0.05, 0.1) is 27.7 Å². The average Bonchev–Trinajstić information content (AvgIpc) is 3.08. The molecule has 2 heterocycles. The smallest absolute Gasteiger partial charge is 0.253 e. The van der Waals surface area contributed by atoms with Crippen LogP contribution in [0.2, 0.25) is 5.02 Å². The fourth-order valence-electron chi connectivity index (χ4n) is 3.48. The van der Waals surface area contributed by atoms with Crippen LogP contribution >= 0.6 is 11.6 Å². The van der Waals surface area contributed by atoms with E-state index in [0.29, 0.717) is 17.0 Å². The summed E-state index contributed by atoms with van der Waals surface area (Å²) in [6, 6.07) is 7.33. The second-order valence-corrected chi connectivity index (χ2v) is 7.76. The molecule has 0 fully saturated rings. The van der Waals surface area contributed by atoms with Crippen molar-refractivity contribution in [3.05, 3.63) is 63.2 Å². The summed E-state index contributed by atoms with van der Waals surface area (Å²) in [5.41, 5.74) is 6.45. The minimum Gasteiger partial charge on any atom is -0.349 e. The Morgan fingerprint density at radius 3 is 2.46 bits per heavy atom. The zero-order chi connectivity index (χ0) is 20.6. The van der Waals surface area contributed by atoms with Gasteiger partial charge in [0.15, 0.2) is 0 Å². The van der Waals surface area contributed by atoms with Gasteiger partial charge in [-0.2, -0.15) is 10.2 Å². The van der Waals surface area contributed by atoms with Crippen molar-refractivity contribution in [2.75, 3.05) is 0 Å². The van der Waals surface area contributed by atoms with Crippen LogP contribution in [0.15, 0.2) is 24.3 Å². The Morgan fingerprint density at radius 2 is 1.89 bits per heavy atom. The van der Waals surface area contributed by atoms with Crippen LogP contribution in [-0.4, -0.2) is 31.5 Å². The predicted octanol–water partition coefficient (Wildman–Crippen LogP) is 3.85. The van der Waals surface area contributed by atoms with Crippen LogP contribution in [-0.2, 0) is 13.5 Å². The molecule has 3 rings (SSSR count). The maximum Gasteiger partial charge on any atom is 0.253 e. The molecular formula is C21H26ClN5O. The number of nitrogens with one attached hydrogen (secondary N) is 1. The average molecular weight is 400 g/mol. The molecule has 1 atom stereocenters. The van der Waals surface area contributed by atoms with Crippen LogP contribution in [0.4, 0.5) is 0 Å². The predicted molar refractivity (Wildman–Crippen MR) is 111 cm³/mol. The lowest BCUT2D eigenvalue weighted by atomic mass is 10.0. The number of nitrogens with zero attached hydrogens (tertiary/aromatic N) is 4. The summed E-state index contributed by atoms with van der Waals surface area (Å²) in [6.45, 7) is 9.94. The van der Waals surface area contributed by atoms with Gasteiger partial charge < -0.3 is 5.32 Å². The van der Waals surface area contributed by atoms with Gasteiger partial charge in [-0.15, -0.1) is 0 Å². The third-order valence-electron chi connectivity index (χ3n) is 5.00. The van der Waals surface area contributed by atoms with E-state index < -0.39 is 0 Å². The van der Waals surface area contributed by atoms with Crippen molar-refractivity contribution >= 4 is 17.5 Å². The molecule has 1 unspecified atom stereocenters. The third-order valence-corrected chi connectivity index (χ3v) is 5.33. The van der Waals surface area contributed by atoms with Crippen LogP contribution in [0, 0.1) is 27.7 Å². The molecule has 0 aliphatic rings. The number of hydrogen-bond acceptors (Lipinski definition) is 3. The Morgan fingerprint density at radius 1 is 1.18 bits per heavy atom. The molecule has 2 aromatic heterocycles. The summed E-state index contributed by atoms with van der Waals surface area (Å²) in [5.74, 6) is -0.194. The fourth-order valence-corrected chi connectivity index (χ4v) is 3.68. The Hall–Kier alpha value is -2.60. The van der Waals surface area contributed by atoms with E-state index in [1.165, 1.54) is 0 Å². The van der Waals surface area contributed by atoms with E-state index in [1.807, 2.05) is 63.2 Å². The summed E-state index contributed by atoms with van der Waals surface area (Å²) in [7, 11) is 1.93. The summed E-state index contributed by atoms with van der Waals surface area (Å²) in [4.78, 5) is 12.9. The second-order valence-electron chi connectivity index (χ2n) is 7.35. The summed E-state index contributed by atoms with van der Waals surface area (Å²) >= 11 is 6.32. The molecule has 0 spiro atoms. The SMILES string of the molecule is Cc1cc(C)n(-c2ccc(Cl)c(C(=O)NC(C)Cc3c(C)nn(C)c3C)c2)n1. The summed E-state index contributed by atoms with van der Waals surface area (Å²) in [5, 5.41) is 12.4. The van der Waals surface area contributed by atoms with E-state index in [4.69, 9.17) is 11.6 Å². The molecule has 28 heavy (non-hydrogen) atoms. The molecule has 0 saturated carbocycles. The second kappa shape index (κ2) is 7.80. The first-order valence-corrected chi connectivity index (χ1v) is 9.68. The number of amides is 1. The Balaban J connectivity index is 1.80. The number of benzene rings is 1. The molecule has 6 nitrogen and oxygen atoms in total. The van der Waals surface area contributed by atoms with Crippen molar-refractivity contribution < 1.29 is 4.79 Å². The van der Waals surface area contributed by atoms with Crippen LogP contribution in [0.25, 0.3) is 5.69 Å². The minimum atomic E-state index is -0.194. The molecule has 0 radical (unpaired) electrons. The Labute approximate surface area is 170 Å². The molecule has 7 heteroatoms. The van der Waals surface area contributed by atoms with Crippen molar-refractivity contribution in [1.29, 1.82) is 0 Å². The first-order chi connectivity index (χ1) is 13.2. The topological polar surface area (TPSA) is 64.7 Å². The van der Waals surface area contributed by atoms with E-state index in [9.17, 15) is 4.79 Å². The first-order valence-electron chi connectivity index (χ1n) is 9.30. The van der Waals surface area contributed by atoms with Crippen LogP contribution in [0.1, 0.15) is 45.6 Å². The van der Waals surface area contributed by atoms with Crippen LogP contribution in [0.3, 0.4) is 0 Å². The number of aromatic nitrogens is 4. The van der Waals surface area contributed by atoms with Crippen LogP contribution in [0.5, 0.6) is 0 Å². The van der Waals surface area contributed by atoms with Gasteiger partial charge in [-0.3, -0.25) is 9.48 Å². The van der Waals surface area contributed by atoms with Crippen molar-refractivity contribution in [2.45, 2.75) is 47.1 Å². The summed E-state index contributed by atoms with van der Waals surface area (Å²) in [6.07, 6.45) is 0.714. The molecule has 0 bridgehead atoms. The van der Waals surface area contributed by atoms with Crippen molar-refractivity contribution in [1.82, 2.24) is 24.9 Å². The molecular weight excluding hydrogens is 374 g/mol. The highest BCUT2D eigenvalue weighted by molar-refractivity contribution is 6.33. The zero-order valence-electron chi connectivity index (χ0n) is 17.2. The molecule has 1 amide bonds. The maximum absolute atomic E-state index is 12.9. The number of aryl methyl sites for hydroxylation is 4. The van der Waals surface area contributed by atoms with Crippen molar-refractivity contribution in [2.24, 2.45) is 7.05 Å². The molecule has 1 aromatic carbocycles. The monoisotopic (exact) mass is 399 g/mol. The third kappa shape index (κ3) is 3.97. The normalized spacial score (nSPS) is 12.2. The highest BCUT2D eigenvalue weighted by Gasteiger charge is 2.18. The fraction of sp³-hybridized carbons (Fsp3) is 0.381. The van der Waals surface area contributed by atoms with Gasteiger partial charge in [0.1, 0.15) is 0 Å². The molecule has 0 aliphatic carbocycles. The van der Waals surface area contributed by atoms with Gasteiger partial charge in [-0.25, -0.2) is 4.68 Å². The maximum atomic E-state index is 12.9. The van der Waals surface area contributed by atoms with Gasteiger partial charge in [0, 0.05) is 24.5 Å². The quantitative estimate of drug-likeness (QED) is 0.708. The van der Waals surface area contributed by atoms with Crippen molar-refractivity contribution in [3.63, 3.8) is 0 Å². The van der Waals surface area contributed by atoms with E-state index in [-0.39, 0.29) is 11.9 Å². The van der Waals surface area contributed by atoms with Crippen molar-refractivity contribution in [3.8, 4) is 5.69 Å². The van der Waals surface area contributed by atoms with Gasteiger partial charge >= 0.3 is 0 Å². The molecule has 0 saturated heterocycles. The van der Waals surface area contributed by atoms with Gasteiger partial charge in [-0.05, 0) is 70.9 Å². The largest absolute Gasteiger partial charge is 0.349 e. The number of carbonyl (C=O) groups excluding carboxylic acids is 1. The number of halogens is 1. The van der Waals surface area contributed by atoms with Crippen LogP contribution < -0.4 is 5.32 Å². The zero-order valence-corrected chi connectivity index (χ0v) is 17.9. The lowest BCUT2D eigenvalue weighted by Gasteiger charge is -2.16. The molecule has 1 N–H and O–H groups in total. The Kier molecular flexibility index (Phi) is 5.61. The highest BCUT2D eigenvalue weighted by Crippen LogP contribution is 2.22. The standard InChI is InChI=1S/C21H26ClN5O/c1-12(10-18-15(4)25-26(6)16(18)5)23-21(28)19-11-17(7-8-20(19)22)27-14(3)9-13(2)24-27/h7-9,11-12H,10H2,1-6H3,(H,23,28). The molecule has 3 aromatic rings. The van der Waals surface area contributed by atoms with Gasteiger partial charge in [0.25, 0.3) is 5.91 Å².